The monoisotopic (exact) mass is 509 g/mol. The number of nitrogens with one attached hydrogen (secondary N) is 1. The molecule has 2 heterocycles. The van der Waals surface area contributed by atoms with Crippen LogP contribution in [0, 0.1) is 0 Å². The summed E-state index contributed by atoms with van der Waals surface area (Å²) >= 11 is 3.36. The van der Waals surface area contributed by atoms with E-state index >= 15 is 0 Å². The number of nitrogens with zero attached hydrogens (tertiary/aromatic N) is 4. The molecule has 0 spiro atoms. The summed E-state index contributed by atoms with van der Waals surface area (Å²) in [5, 5.41) is 9.82. The lowest BCUT2D eigenvalue weighted by molar-refractivity contribution is 0.119. The molecule has 2 rings (SSSR count). The Morgan fingerprint density at radius 3 is 2.65 bits per heavy atom. The first-order valence-corrected chi connectivity index (χ1v) is 10.1. The van der Waals surface area contributed by atoms with Crippen molar-refractivity contribution in [2.45, 2.75) is 39.3 Å². The minimum absolute atomic E-state index is 0. The van der Waals surface area contributed by atoms with E-state index in [2.05, 4.69) is 42.9 Å². The molecule has 6 nitrogen and oxygen atoms in total. The molecular weight excluding hydrogens is 481 g/mol. The van der Waals surface area contributed by atoms with Crippen LogP contribution in [0.1, 0.15) is 41.4 Å². The van der Waals surface area contributed by atoms with Crippen LogP contribution < -0.4 is 5.32 Å². The van der Waals surface area contributed by atoms with E-state index in [1.807, 2.05) is 14.0 Å². The van der Waals surface area contributed by atoms with Crippen molar-refractivity contribution in [3.8, 4) is 0 Å². The highest BCUT2D eigenvalue weighted by molar-refractivity contribution is 14.0. The standard InChI is InChI=1S/C17H27N5OS2.HI/c1-6-15-20-13(10-24-15)7-8-19-17(18-3)22(4)9-14-11-25-16(21-14)12(2)23-5;/h10-12H,6-9H2,1-5H3,(H,18,19);1H. The van der Waals surface area contributed by atoms with Gasteiger partial charge in [-0.3, -0.25) is 4.99 Å². The molecule has 1 unspecified atom stereocenters. The van der Waals surface area contributed by atoms with Gasteiger partial charge in [0.25, 0.3) is 0 Å². The summed E-state index contributed by atoms with van der Waals surface area (Å²) in [6.07, 6.45) is 1.93. The number of aromatic nitrogens is 2. The molecule has 0 bridgehead atoms. The highest BCUT2D eigenvalue weighted by Crippen LogP contribution is 2.20. The van der Waals surface area contributed by atoms with Crippen LogP contribution in [-0.4, -0.2) is 48.6 Å². The van der Waals surface area contributed by atoms with Crippen LogP contribution in [0.2, 0.25) is 0 Å². The van der Waals surface area contributed by atoms with Crippen molar-refractivity contribution in [1.82, 2.24) is 20.2 Å². The van der Waals surface area contributed by atoms with Gasteiger partial charge in [0.1, 0.15) is 11.1 Å². The summed E-state index contributed by atoms with van der Waals surface area (Å²) in [5.74, 6) is 0.861. The summed E-state index contributed by atoms with van der Waals surface area (Å²) < 4.78 is 5.32. The van der Waals surface area contributed by atoms with Crippen molar-refractivity contribution in [2.75, 3.05) is 27.7 Å². The van der Waals surface area contributed by atoms with Gasteiger partial charge in [-0.2, -0.15) is 0 Å². The van der Waals surface area contributed by atoms with Crippen LogP contribution in [0.25, 0.3) is 0 Å². The second-order valence-corrected chi connectivity index (χ2v) is 7.55. The maximum absolute atomic E-state index is 5.32. The van der Waals surface area contributed by atoms with Crippen LogP contribution in [0.5, 0.6) is 0 Å². The molecule has 1 atom stereocenters. The van der Waals surface area contributed by atoms with E-state index in [1.54, 1.807) is 36.8 Å². The van der Waals surface area contributed by atoms with Gasteiger partial charge < -0.3 is 15.0 Å². The molecule has 0 aromatic carbocycles. The van der Waals surface area contributed by atoms with E-state index < -0.39 is 0 Å². The number of halogens is 1. The van der Waals surface area contributed by atoms with Gasteiger partial charge in [0.15, 0.2) is 5.96 Å². The highest BCUT2D eigenvalue weighted by atomic mass is 127. The van der Waals surface area contributed by atoms with E-state index in [0.717, 1.165) is 41.7 Å². The Kier molecular flexibility index (Phi) is 10.6. The van der Waals surface area contributed by atoms with E-state index in [4.69, 9.17) is 4.74 Å². The van der Waals surface area contributed by atoms with Crippen LogP contribution in [-0.2, 0) is 24.1 Å². The Morgan fingerprint density at radius 2 is 2.04 bits per heavy atom. The maximum atomic E-state index is 5.32. The normalized spacial score (nSPS) is 12.6. The first-order chi connectivity index (χ1) is 12.1. The summed E-state index contributed by atoms with van der Waals surface area (Å²) in [6, 6.07) is 0. The zero-order chi connectivity index (χ0) is 18.2. The predicted molar refractivity (Wildman–Crippen MR) is 121 cm³/mol. The van der Waals surface area contributed by atoms with Crippen LogP contribution >= 0.6 is 46.7 Å². The Balaban J connectivity index is 0.00000338. The van der Waals surface area contributed by atoms with Crippen molar-refractivity contribution in [1.29, 1.82) is 0 Å². The van der Waals surface area contributed by atoms with E-state index in [0.29, 0.717) is 6.54 Å². The number of thiazole rings is 2. The van der Waals surface area contributed by atoms with Gasteiger partial charge >= 0.3 is 0 Å². The van der Waals surface area contributed by atoms with Gasteiger partial charge in [0.2, 0.25) is 0 Å². The fourth-order valence-electron chi connectivity index (χ4n) is 2.31. The summed E-state index contributed by atoms with van der Waals surface area (Å²) in [4.78, 5) is 15.7. The molecule has 0 radical (unpaired) electrons. The quantitative estimate of drug-likeness (QED) is 0.334. The second-order valence-electron chi connectivity index (χ2n) is 5.72. The molecule has 0 saturated carbocycles. The lowest BCUT2D eigenvalue weighted by Gasteiger charge is -2.21. The Bertz CT molecular complexity index is 688. The third-order valence-corrected chi connectivity index (χ3v) is 5.91. The molecule has 0 aliphatic carbocycles. The smallest absolute Gasteiger partial charge is 0.193 e. The van der Waals surface area contributed by atoms with Gasteiger partial charge in [-0.1, -0.05) is 6.92 Å². The molecule has 9 heteroatoms. The van der Waals surface area contributed by atoms with Crippen LogP contribution in [0.4, 0.5) is 0 Å². The lowest BCUT2D eigenvalue weighted by atomic mass is 10.3. The maximum Gasteiger partial charge on any atom is 0.193 e. The topological polar surface area (TPSA) is 62.6 Å². The summed E-state index contributed by atoms with van der Waals surface area (Å²) in [7, 11) is 5.53. The average Bonchev–Trinajstić information content (AvgIpc) is 3.27. The average molecular weight is 509 g/mol. The predicted octanol–water partition coefficient (Wildman–Crippen LogP) is 3.74. The molecule has 0 amide bonds. The number of ether oxygens (including phenoxy) is 1. The molecular formula is C17H28IN5OS2. The fourth-order valence-corrected chi connectivity index (χ4v) is 3.94. The summed E-state index contributed by atoms with van der Waals surface area (Å²) in [5.41, 5.74) is 2.17. The van der Waals surface area contributed by atoms with Crippen molar-refractivity contribution in [3.05, 3.63) is 32.2 Å². The molecule has 2 aromatic heterocycles. The van der Waals surface area contributed by atoms with Crippen molar-refractivity contribution >= 4 is 52.6 Å². The number of hydrogen-bond donors (Lipinski definition) is 1. The minimum Gasteiger partial charge on any atom is -0.375 e. The number of aliphatic imine (C=N–C) groups is 1. The second kappa shape index (κ2) is 11.8. The van der Waals surface area contributed by atoms with Crippen LogP contribution in [0.3, 0.4) is 0 Å². The lowest BCUT2D eigenvalue weighted by Crippen LogP contribution is -2.39. The van der Waals surface area contributed by atoms with E-state index in [1.165, 1.54) is 5.01 Å². The Labute approximate surface area is 181 Å². The number of guanidine groups is 1. The minimum atomic E-state index is 0. The number of hydrogen-bond acceptors (Lipinski definition) is 6. The molecule has 0 aliphatic heterocycles. The largest absolute Gasteiger partial charge is 0.375 e. The third-order valence-electron chi connectivity index (χ3n) is 3.81. The molecule has 0 saturated heterocycles. The SMILES string of the molecule is CCc1nc(CCNC(=NC)N(C)Cc2csc(C(C)OC)n2)cs1.I. The van der Waals surface area contributed by atoms with Gasteiger partial charge in [-0.15, -0.1) is 46.7 Å². The summed E-state index contributed by atoms with van der Waals surface area (Å²) in [6.45, 7) is 5.67. The highest BCUT2D eigenvalue weighted by Gasteiger charge is 2.12. The third kappa shape index (κ3) is 6.75. The Morgan fingerprint density at radius 1 is 1.31 bits per heavy atom. The van der Waals surface area contributed by atoms with Gasteiger partial charge in [-0.25, -0.2) is 9.97 Å². The molecule has 26 heavy (non-hydrogen) atoms. The van der Waals surface area contributed by atoms with Gasteiger partial charge in [0.05, 0.1) is 22.9 Å². The zero-order valence-electron chi connectivity index (χ0n) is 16.0. The molecule has 146 valence electrons. The van der Waals surface area contributed by atoms with Gasteiger partial charge in [-0.05, 0) is 13.3 Å². The van der Waals surface area contributed by atoms with Crippen molar-refractivity contribution < 1.29 is 4.74 Å². The van der Waals surface area contributed by atoms with Crippen LogP contribution in [0.15, 0.2) is 15.8 Å². The van der Waals surface area contributed by atoms with Crippen molar-refractivity contribution in [2.24, 2.45) is 4.99 Å². The number of rotatable bonds is 8. The van der Waals surface area contributed by atoms with E-state index in [-0.39, 0.29) is 30.1 Å². The number of aryl methyl sites for hydroxylation is 1. The zero-order valence-corrected chi connectivity index (χ0v) is 19.9. The Hall–Kier alpha value is -0.780. The van der Waals surface area contributed by atoms with E-state index in [9.17, 15) is 0 Å². The fraction of sp³-hybridized carbons (Fsp3) is 0.588. The number of methoxy groups -OCH3 is 1. The first kappa shape index (κ1) is 23.3. The molecule has 0 fully saturated rings. The van der Waals surface area contributed by atoms with Crippen molar-refractivity contribution in [3.63, 3.8) is 0 Å². The molecule has 0 aliphatic rings. The van der Waals surface area contributed by atoms with Gasteiger partial charge in [0, 0.05) is 44.9 Å². The molecule has 1 N–H and O–H groups in total. The first-order valence-electron chi connectivity index (χ1n) is 8.39. The molecule has 2 aromatic rings.